The molecule has 2 aliphatic rings. The Morgan fingerprint density at radius 3 is 2.79 bits per heavy atom. The monoisotopic (exact) mass is 533 g/mol. The zero-order valence-corrected chi connectivity index (χ0v) is 22.0. The van der Waals surface area contributed by atoms with Gasteiger partial charge in [0, 0.05) is 49.7 Å². The number of fused-ring (bicyclic) bond motifs is 1. The largest absolute Gasteiger partial charge is 0.444 e. The Morgan fingerprint density at radius 2 is 2.00 bits per heavy atom. The fraction of sp³-hybridized carbons (Fsp3) is 0.444. The first-order valence-corrected chi connectivity index (χ1v) is 13.2. The van der Waals surface area contributed by atoms with Gasteiger partial charge in [-0.3, -0.25) is 9.78 Å². The van der Waals surface area contributed by atoms with Crippen LogP contribution in [0.3, 0.4) is 0 Å². The van der Waals surface area contributed by atoms with Crippen LogP contribution in [0.5, 0.6) is 0 Å². The number of aryl methyl sites for hydroxylation is 1. The lowest BCUT2D eigenvalue weighted by Gasteiger charge is -2.39. The van der Waals surface area contributed by atoms with Gasteiger partial charge in [0.15, 0.2) is 17.1 Å². The third-order valence-corrected chi connectivity index (χ3v) is 7.27. The molecule has 2 saturated heterocycles. The highest BCUT2D eigenvalue weighted by Gasteiger charge is 2.34. The van der Waals surface area contributed by atoms with Crippen molar-refractivity contribution in [2.45, 2.75) is 38.7 Å². The summed E-state index contributed by atoms with van der Waals surface area (Å²) in [4.78, 5) is 35.4. The molecule has 39 heavy (non-hydrogen) atoms. The number of rotatable bonds is 6. The summed E-state index contributed by atoms with van der Waals surface area (Å²) in [5.41, 5.74) is 2.18. The molecule has 1 atom stereocenters. The average molecular weight is 534 g/mol. The van der Waals surface area contributed by atoms with Crippen molar-refractivity contribution < 1.29 is 23.5 Å². The summed E-state index contributed by atoms with van der Waals surface area (Å²) in [5.74, 6) is 0.403. The number of ether oxygens (including phenoxy) is 1. The summed E-state index contributed by atoms with van der Waals surface area (Å²) >= 11 is 0. The minimum Gasteiger partial charge on any atom is -0.444 e. The molecule has 0 aromatic carbocycles. The number of nitrogens with zero attached hydrogens (tertiary/aromatic N) is 6. The number of β-amino-alcohol motifs (C(OH)–C–C–N with tert-alkyl or cyclic N) is 1. The van der Waals surface area contributed by atoms with E-state index in [4.69, 9.17) is 18.6 Å². The molecule has 2 fully saturated rings. The van der Waals surface area contributed by atoms with Crippen molar-refractivity contribution in [2.75, 3.05) is 54.5 Å². The number of nitrogens with one attached hydrogen (secondary N) is 1. The van der Waals surface area contributed by atoms with E-state index in [1.54, 1.807) is 18.3 Å². The number of carbonyl (C=O) groups is 1. The Kier molecular flexibility index (Phi) is 6.65. The van der Waals surface area contributed by atoms with Gasteiger partial charge in [-0.2, -0.15) is 4.98 Å². The molecule has 1 unspecified atom stereocenters. The lowest BCUT2D eigenvalue weighted by Crippen LogP contribution is -2.48. The molecule has 0 spiro atoms. The van der Waals surface area contributed by atoms with Crippen molar-refractivity contribution in [2.24, 2.45) is 0 Å². The standard InChI is InChI=1S/C27H31N7O5/c1-3-27(36)6-4-8-34(16-27)23-19(14-21-22(31-23)32-26(39-21)33-9-11-37-12-10-33)29-24(35)20-15-38-25(30-20)18-5-7-28-17(2)13-18/h5,7,13-15,36H,3-4,6,8-12,16H2,1-2H3,(H,29,35). The number of aromatic nitrogens is 4. The van der Waals surface area contributed by atoms with Gasteiger partial charge in [0.1, 0.15) is 6.26 Å². The van der Waals surface area contributed by atoms with Crippen molar-refractivity contribution in [3.63, 3.8) is 0 Å². The van der Waals surface area contributed by atoms with Crippen molar-refractivity contribution in [1.29, 1.82) is 0 Å². The van der Waals surface area contributed by atoms with Gasteiger partial charge >= 0.3 is 0 Å². The molecule has 2 N–H and O–H groups in total. The maximum atomic E-state index is 13.3. The number of hydrogen-bond donors (Lipinski definition) is 2. The van der Waals surface area contributed by atoms with Gasteiger partial charge in [-0.25, -0.2) is 9.97 Å². The molecular weight excluding hydrogens is 502 g/mol. The summed E-state index contributed by atoms with van der Waals surface area (Å²) < 4.78 is 17.1. The minimum atomic E-state index is -0.831. The van der Waals surface area contributed by atoms with E-state index in [-0.39, 0.29) is 5.69 Å². The van der Waals surface area contributed by atoms with E-state index in [2.05, 4.69) is 20.3 Å². The predicted octanol–water partition coefficient (Wildman–Crippen LogP) is 3.41. The Bertz CT molecular complexity index is 1490. The van der Waals surface area contributed by atoms with Gasteiger partial charge in [-0.05, 0) is 38.3 Å². The Labute approximate surface area is 225 Å². The van der Waals surface area contributed by atoms with Crippen LogP contribution in [0.25, 0.3) is 22.7 Å². The molecule has 0 saturated carbocycles. The quantitative estimate of drug-likeness (QED) is 0.376. The molecule has 204 valence electrons. The van der Waals surface area contributed by atoms with Crippen LogP contribution in [0.15, 0.2) is 39.5 Å². The molecule has 2 aliphatic heterocycles. The number of amides is 1. The molecule has 0 aliphatic carbocycles. The van der Waals surface area contributed by atoms with Crippen LogP contribution in [0, 0.1) is 6.92 Å². The number of carbonyl (C=O) groups excluding carboxylic acids is 1. The van der Waals surface area contributed by atoms with Gasteiger partial charge in [0.2, 0.25) is 11.5 Å². The van der Waals surface area contributed by atoms with Crippen molar-refractivity contribution in [3.8, 4) is 11.5 Å². The summed E-state index contributed by atoms with van der Waals surface area (Å²) in [6.07, 6.45) is 5.13. The van der Waals surface area contributed by atoms with Crippen LogP contribution in [-0.2, 0) is 4.74 Å². The molecule has 0 radical (unpaired) electrons. The minimum absolute atomic E-state index is 0.126. The highest BCUT2D eigenvalue weighted by Crippen LogP contribution is 2.35. The molecule has 1 amide bonds. The van der Waals surface area contributed by atoms with E-state index >= 15 is 0 Å². The Hall–Kier alpha value is -4.03. The first kappa shape index (κ1) is 25.3. The molecule has 12 heteroatoms. The fourth-order valence-corrected chi connectivity index (χ4v) is 5.02. The fourth-order valence-electron chi connectivity index (χ4n) is 5.02. The summed E-state index contributed by atoms with van der Waals surface area (Å²) in [5, 5.41) is 14.0. The van der Waals surface area contributed by atoms with Crippen LogP contribution >= 0.6 is 0 Å². The average Bonchev–Trinajstić information content (AvgIpc) is 3.61. The molecule has 4 aromatic rings. The molecule has 6 rings (SSSR count). The normalized spacial score (nSPS) is 20.0. The van der Waals surface area contributed by atoms with E-state index in [1.807, 2.05) is 29.7 Å². The lowest BCUT2D eigenvalue weighted by atomic mass is 9.90. The molecule has 12 nitrogen and oxygen atoms in total. The number of piperidine rings is 1. The van der Waals surface area contributed by atoms with Crippen molar-refractivity contribution >= 4 is 34.7 Å². The number of morpholine rings is 1. The van der Waals surface area contributed by atoms with Crippen LogP contribution in [0.4, 0.5) is 17.5 Å². The number of anilines is 3. The van der Waals surface area contributed by atoms with Crippen LogP contribution in [-0.4, -0.2) is 75.9 Å². The second-order valence-electron chi connectivity index (χ2n) is 10.1. The van der Waals surface area contributed by atoms with Crippen molar-refractivity contribution in [3.05, 3.63) is 42.0 Å². The van der Waals surface area contributed by atoms with Gasteiger partial charge < -0.3 is 33.8 Å². The third-order valence-electron chi connectivity index (χ3n) is 7.27. The number of pyridine rings is 2. The predicted molar refractivity (Wildman–Crippen MR) is 144 cm³/mol. The first-order chi connectivity index (χ1) is 18.9. The number of oxazole rings is 2. The molecule has 0 bridgehead atoms. The van der Waals surface area contributed by atoms with Gasteiger partial charge in [-0.1, -0.05) is 6.92 Å². The number of aliphatic hydroxyl groups is 1. The summed E-state index contributed by atoms with van der Waals surface area (Å²) in [7, 11) is 0. The number of hydrogen-bond acceptors (Lipinski definition) is 11. The first-order valence-electron chi connectivity index (χ1n) is 13.2. The zero-order valence-electron chi connectivity index (χ0n) is 22.0. The molecule has 6 heterocycles. The van der Waals surface area contributed by atoms with E-state index in [0.717, 1.165) is 17.7 Å². The highest BCUT2D eigenvalue weighted by molar-refractivity contribution is 6.05. The van der Waals surface area contributed by atoms with E-state index in [9.17, 15) is 9.90 Å². The second-order valence-corrected chi connectivity index (χ2v) is 10.1. The topological polar surface area (TPSA) is 143 Å². The maximum absolute atomic E-state index is 13.3. The van der Waals surface area contributed by atoms with Gasteiger partial charge in [0.25, 0.3) is 11.9 Å². The SMILES string of the molecule is CCC1(O)CCCN(c2nc3nc(N4CCOCC4)oc3cc2NC(=O)c2coc(-c3ccnc(C)c3)n2)C1. The maximum Gasteiger partial charge on any atom is 0.300 e. The van der Waals surface area contributed by atoms with E-state index < -0.39 is 11.5 Å². The second kappa shape index (κ2) is 10.3. The molecule has 4 aromatic heterocycles. The van der Waals surface area contributed by atoms with Gasteiger partial charge in [0.05, 0.1) is 24.5 Å². The highest BCUT2D eigenvalue weighted by atomic mass is 16.5. The van der Waals surface area contributed by atoms with E-state index in [0.29, 0.717) is 86.9 Å². The third kappa shape index (κ3) is 5.17. The Morgan fingerprint density at radius 1 is 1.15 bits per heavy atom. The Balaban J connectivity index is 1.33. The lowest BCUT2D eigenvalue weighted by molar-refractivity contribution is 0.0222. The van der Waals surface area contributed by atoms with Gasteiger partial charge in [-0.15, -0.1) is 0 Å². The van der Waals surface area contributed by atoms with Crippen LogP contribution in [0.1, 0.15) is 42.4 Å². The van der Waals surface area contributed by atoms with Crippen LogP contribution < -0.4 is 15.1 Å². The summed E-state index contributed by atoms with van der Waals surface area (Å²) in [6, 6.07) is 5.81. The smallest absolute Gasteiger partial charge is 0.300 e. The molecular formula is C27H31N7O5. The summed E-state index contributed by atoms with van der Waals surface area (Å²) in [6.45, 7) is 7.47. The zero-order chi connectivity index (χ0) is 27.0. The van der Waals surface area contributed by atoms with E-state index in [1.165, 1.54) is 6.26 Å². The van der Waals surface area contributed by atoms with Crippen LogP contribution in [0.2, 0.25) is 0 Å². The van der Waals surface area contributed by atoms with Crippen molar-refractivity contribution in [1.82, 2.24) is 19.9 Å².